The van der Waals surface area contributed by atoms with Gasteiger partial charge in [0.1, 0.15) is 23.9 Å². The quantitative estimate of drug-likeness (QED) is 0.857. The third-order valence-corrected chi connectivity index (χ3v) is 3.33. The number of phenolic OH excluding ortho intramolecular Hbond substituents is 1. The molecule has 2 aromatic rings. The number of aromatic hydroxyl groups is 1. The summed E-state index contributed by atoms with van der Waals surface area (Å²) in [5.74, 6) is 0.532. The van der Waals surface area contributed by atoms with Gasteiger partial charge in [0.2, 0.25) is 0 Å². The first kappa shape index (κ1) is 15.3. The second-order valence-electron chi connectivity index (χ2n) is 5.08. The van der Waals surface area contributed by atoms with Crippen molar-refractivity contribution in [1.29, 1.82) is 0 Å². The van der Waals surface area contributed by atoms with E-state index in [2.05, 4.69) is 0 Å². The summed E-state index contributed by atoms with van der Waals surface area (Å²) in [4.78, 5) is 0. The van der Waals surface area contributed by atoms with Gasteiger partial charge in [0.15, 0.2) is 0 Å². The largest absolute Gasteiger partial charge is 0.508 e. The summed E-state index contributed by atoms with van der Waals surface area (Å²) in [5.41, 5.74) is 7.56. The third-order valence-electron chi connectivity index (χ3n) is 3.33. The number of nitrogens with two attached hydrogens (primary N) is 1. The van der Waals surface area contributed by atoms with Gasteiger partial charge in [-0.1, -0.05) is 19.1 Å². The lowest BCUT2D eigenvalue weighted by Gasteiger charge is -2.14. The SMILES string of the molecule is CCC(N)Cc1cc(F)ccc1OCc1cccc(O)c1. The van der Waals surface area contributed by atoms with Gasteiger partial charge in [0.25, 0.3) is 0 Å². The molecule has 0 aliphatic rings. The minimum Gasteiger partial charge on any atom is -0.508 e. The Hall–Kier alpha value is -2.07. The molecule has 2 rings (SSSR count). The summed E-state index contributed by atoms with van der Waals surface area (Å²) in [7, 11) is 0. The summed E-state index contributed by atoms with van der Waals surface area (Å²) in [6, 6.07) is 11.3. The first-order valence-electron chi connectivity index (χ1n) is 7.03. The maximum Gasteiger partial charge on any atom is 0.123 e. The normalized spacial score (nSPS) is 12.1. The molecule has 0 aromatic heterocycles. The number of rotatable bonds is 6. The molecule has 0 bridgehead atoms. The number of benzene rings is 2. The van der Waals surface area contributed by atoms with E-state index in [1.165, 1.54) is 12.1 Å². The van der Waals surface area contributed by atoms with Crippen LogP contribution < -0.4 is 10.5 Å². The Labute approximate surface area is 124 Å². The number of phenols is 1. The predicted molar refractivity (Wildman–Crippen MR) is 80.8 cm³/mol. The summed E-state index contributed by atoms with van der Waals surface area (Å²) >= 11 is 0. The van der Waals surface area contributed by atoms with Crippen molar-refractivity contribution in [3.8, 4) is 11.5 Å². The van der Waals surface area contributed by atoms with Crippen LogP contribution in [0.4, 0.5) is 4.39 Å². The standard InChI is InChI=1S/C17H20FNO2/c1-2-15(19)10-13-9-14(18)6-7-17(13)21-11-12-4-3-5-16(20)8-12/h3-9,15,20H,2,10-11,19H2,1H3. The van der Waals surface area contributed by atoms with Crippen molar-refractivity contribution >= 4 is 0 Å². The van der Waals surface area contributed by atoms with E-state index in [-0.39, 0.29) is 17.6 Å². The second-order valence-corrected chi connectivity index (χ2v) is 5.08. The van der Waals surface area contributed by atoms with Gasteiger partial charge in [-0.15, -0.1) is 0 Å². The summed E-state index contributed by atoms with van der Waals surface area (Å²) < 4.78 is 19.1. The van der Waals surface area contributed by atoms with Gasteiger partial charge >= 0.3 is 0 Å². The topological polar surface area (TPSA) is 55.5 Å². The van der Waals surface area contributed by atoms with Crippen molar-refractivity contribution in [2.75, 3.05) is 0 Å². The first-order chi connectivity index (χ1) is 10.1. The number of hydrogen-bond acceptors (Lipinski definition) is 3. The Morgan fingerprint density at radius 3 is 2.76 bits per heavy atom. The number of ether oxygens (including phenoxy) is 1. The van der Waals surface area contributed by atoms with Crippen LogP contribution in [-0.2, 0) is 13.0 Å². The van der Waals surface area contributed by atoms with Crippen LogP contribution in [0.3, 0.4) is 0 Å². The zero-order valence-corrected chi connectivity index (χ0v) is 12.1. The Kier molecular flexibility index (Phi) is 5.17. The smallest absolute Gasteiger partial charge is 0.123 e. The maximum absolute atomic E-state index is 13.4. The third kappa shape index (κ3) is 4.46. The number of hydrogen-bond donors (Lipinski definition) is 2. The molecule has 0 fully saturated rings. The van der Waals surface area contributed by atoms with Crippen LogP contribution in [0, 0.1) is 5.82 Å². The minimum atomic E-state index is -0.294. The Morgan fingerprint density at radius 2 is 2.05 bits per heavy atom. The zero-order valence-electron chi connectivity index (χ0n) is 12.1. The molecule has 0 saturated heterocycles. The lowest BCUT2D eigenvalue weighted by molar-refractivity contribution is 0.301. The van der Waals surface area contributed by atoms with E-state index in [9.17, 15) is 9.50 Å². The molecule has 0 aliphatic carbocycles. The van der Waals surface area contributed by atoms with E-state index in [4.69, 9.17) is 10.5 Å². The van der Waals surface area contributed by atoms with Crippen molar-refractivity contribution in [1.82, 2.24) is 0 Å². The molecule has 0 heterocycles. The van der Waals surface area contributed by atoms with E-state index >= 15 is 0 Å². The van der Waals surface area contributed by atoms with Crippen molar-refractivity contribution in [3.05, 3.63) is 59.4 Å². The maximum atomic E-state index is 13.4. The molecule has 112 valence electrons. The van der Waals surface area contributed by atoms with Gasteiger partial charge in [-0.2, -0.15) is 0 Å². The highest BCUT2D eigenvalue weighted by molar-refractivity contribution is 5.35. The van der Waals surface area contributed by atoms with E-state index in [1.54, 1.807) is 24.3 Å². The van der Waals surface area contributed by atoms with Gasteiger partial charge in [-0.3, -0.25) is 0 Å². The molecule has 2 aromatic carbocycles. The lowest BCUT2D eigenvalue weighted by atomic mass is 10.0. The average molecular weight is 289 g/mol. The van der Waals surface area contributed by atoms with Crippen molar-refractivity contribution in [3.63, 3.8) is 0 Å². The van der Waals surface area contributed by atoms with E-state index in [1.807, 2.05) is 13.0 Å². The predicted octanol–water partition coefficient (Wildman–Crippen LogP) is 3.39. The van der Waals surface area contributed by atoms with Crippen molar-refractivity contribution < 1.29 is 14.2 Å². The lowest BCUT2D eigenvalue weighted by Crippen LogP contribution is -2.21. The molecular formula is C17H20FNO2. The Morgan fingerprint density at radius 1 is 1.24 bits per heavy atom. The minimum absolute atomic E-state index is 0.0186. The molecular weight excluding hydrogens is 269 g/mol. The molecule has 3 nitrogen and oxygen atoms in total. The molecule has 0 radical (unpaired) electrons. The second kappa shape index (κ2) is 7.09. The molecule has 0 saturated carbocycles. The van der Waals surface area contributed by atoms with Gasteiger partial charge in [-0.25, -0.2) is 4.39 Å². The van der Waals surface area contributed by atoms with Crippen LogP contribution in [-0.4, -0.2) is 11.1 Å². The molecule has 4 heteroatoms. The monoisotopic (exact) mass is 289 g/mol. The van der Waals surface area contributed by atoms with Crippen LogP contribution in [0.1, 0.15) is 24.5 Å². The molecule has 0 spiro atoms. The van der Waals surface area contributed by atoms with Gasteiger partial charge in [-0.05, 0) is 54.3 Å². The highest BCUT2D eigenvalue weighted by atomic mass is 19.1. The summed E-state index contributed by atoms with van der Waals surface area (Å²) in [6.07, 6.45) is 1.39. The first-order valence-corrected chi connectivity index (χ1v) is 7.03. The molecule has 0 amide bonds. The summed E-state index contributed by atoms with van der Waals surface area (Å²) in [6.45, 7) is 2.31. The van der Waals surface area contributed by atoms with Crippen molar-refractivity contribution in [2.45, 2.75) is 32.4 Å². The van der Waals surface area contributed by atoms with E-state index < -0.39 is 0 Å². The fourth-order valence-corrected chi connectivity index (χ4v) is 2.08. The van der Waals surface area contributed by atoms with Gasteiger partial charge < -0.3 is 15.6 Å². The van der Waals surface area contributed by atoms with Crippen LogP contribution in [0.15, 0.2) is 42.5 Å². The highest BCUT2D eigenvalue weighted by Gasteiger charge is 2.10. The fourth-order valence-electron chi connectivity index (χ4n) is 2.08. The van der Waals surface area contributed by atoms with Crippen LogP contribution in [0.5, 0.6) is 11.5 Å². The highest BCUT2D eigenvalue weighted by Crippen LogP contribution is 2.23. The molecule has 21 heavy (non-hydrogen) atoms. The zero-order chi connectivity index (χ0) is 15.2. The van der Waals surface area contributed by atoms with Crippen LogP contribution >= 0.6 is 0 Å². The summed E-state index contributed by atoms with van der Waals surface area (Å²) in [5, 5.41) is 9.43. The Bertz CT molecular complexity index is 601. The van der Waals surface area contributed by atoms with E-state index in [0.717, 1.165) is 17.5 Å². The van der Waals surface area contributed by atoms with Crippen LogP contribution in [0.25, 0.3) is 0 Å². The molecule has 1 atom stereocenters. The Balaban J connectivity index is 2.11. The van der Waals surface area contributed by atoms with Gasteiger partial charge in [0.05, 0.1) is 0 Å². The fraction of sp³-hybridized carbons (Fsp3) is 0.294. The molecule has 0 aliphatic heterocycles. The van der Waals surface area contributed by atoms with Crippen LogP contribution in [0.2, 0.25) is 0 Å². The molecule has 1 unspecified atom stereocenters. The average Bonchev–Trinajstić information content (AvgIpc) is 2.46. The number of halogens is 1. The van der Waals surface area contributed by atoms with Gasteiger partial charge in [0, 0.05) is 6.04 Å². The molecule has 3 N–H and O–H groups in total. The van der Waals surface area contributed by atoms with E-state index in [0.29, 0.717) is 18.8 Å². The van der Waals surface area contributed by atoms with Crippen molar-refractivity contribution in [2.24, 2.45) is 5.73 Å².